The van der Waals surface area contributed by atoms with Crippen molar-refractivity contribution >= 4 is 11.6 Å². The van der Waals surface area contributed by atoms with Gasteiger partial charge in [-0.3, -0.25) is 9.58 Å². The molecule has 2 heterocycles. The summed E-state index contributed by atoms with van der Waals surface area (Å²) < 4.78 is 7.85. The first-order valence-corrected chi connectivity index (χ1v) is 8.25. The molecule has 0 amide bonds. The minimum Gasteiger partial charge on any atom is -0.377 e. The zero-order valence-electron chi connectivity index (χ0n) is 12.6. The van der Waals surface area contributed by atoms with Crippen LogP contribution in [0.4, 0.5) is 0 Å². The van der Waals surface area contributed by atoms with Crippen LogP contribution >= 0.6 is 11.6 Å². The molecule has 114 valence electrons. The fourth-order valence-corrected chi connectivity index (χ4v) is 2.85. The van der Waals surface area contributed by atoms with E-state index < -0.39 is 0 Å². The molecule has 0 aliphatic carbocycles. The van der Waals surface area contributed by atoms with Gasteiger partial charge in [-0.15, -0.1) is 11.6 Å². The van der Waals surface area contributed by atoms with Gasteiger partial charge in [0.1, 0.15) is 0 Å². The lowest BCUT2D eigenvalue weighted by Crippen LogP contribution is -2.37. The molecule has 1 aromatic heterocycles. The van der Waals surface area contributed by atoms with Crippen LogP contribution in [0.3, 0.4) is 0 Å². The fourth-order valence-electron chi connectivity index (χ4n) is 2.76. The predicted octanol–water partition coefficient (Wildman–Crippen LogP) is 2.69. The van der Waals surface area contributed by atoms with E-state index >= 15 is 0 Å². The summed E-state index contributed by atoms with van der Waals surface area (Å²) in [5, 5.41) is 4.62. The van der Waals surface area contributed by atoms with Crippen LogP contribution in [0.2, 0.25) is 0 Å². The highest BCUT2D eigenvalue weighted by atomic mass is 35.5. The maximum atomic E-state index is 5.72. The van der Waals surface area contributed by atoms with Gasteiger partial charge in [-0.2, -0.15) is 5.10 Å². The average Bonchev–Trinajstić information content (AvgIpc) is 2.88. The Bertz CT molecular complexity index is 400. The van der Waals surface area contributed by atoms with Crippen LogP contribution in [-0.4, -0.2) is 46.4 Å². The van der Waals surface area contributed by atoms with E-state index in [1.165, 1.54) is 11.4 Å². The number of ether oxygens (including phenoxy) is 1. The number of aromatic nitrogens is 2. The molecule has 20 heavy (non-hydrogen) atoms. The van der Waals surface area contributed by atoms with Crippen molar-refractivity contribution in [3.8, 4) is 0 Å². The van der Waals surface area contributed by atoms with Crippen molar-refractivity contribution < 1.29 is 4.74 Å². The van der Waals surface area contributed by atoms with Crippen LogP contribution in [0, 0.1) is 0 Å². The quantitative estimate of drug-likeness (QED) is 0.725. The molecule has 1 fully saturated rings. The second kappa shape index (κ2) is 8.01. The van der Waals surface area contributed by atoms with Crippen LogP contribution in [0.25, 0.3) is 0 Å². The van der Waals surface area contributed by atoms with Gasteiger partial charge in [-0.1, -0.05) is 6.92 Å². The molecule has 2 rings (SSSR count). The summed E-state index contributed by atoms with van der Waals surface area (Å²) in [6, 6.07) is 2.25. The number of rotatable bonds is 7. The highest BCUT2D eigenvalue weighted by molar-refractivity contribution is 6.17. The molecule has 1 aliphatic heterocycles. The maximum absolute atomic E-state index is 5.72. The van der Waals surface area contributed by atoms with Gasteiger partial charge in [0.15, 0.2) is 0 Å². The number of hydrogen-bond donors (Lipinski definition) is 0. The lowest BCUT2D eigenvalue weighted by atomic mass is 10.1. The number of aryl methyl sites for hydroxylation is 2. The van der Waals surface area contributed by atoms with Crippen LogP contribution < -0.4 is 0 Å². The van der Waals surface area contributed by atoms with Crippen molar-refractivity contribution in [1.82, 2.24) is 14.7 Å². The molecule has 0 bridgehead atoms. The SMILES string of the molecule is CCc1cc(CN2CCC(OCCCl)CC2)n(CC)n1. The fraction of sp³-hybridized carbons (Fsp3) is 0.800. The van der Waals surface area contributed by atoms with E-state index in [1.54, 1.807) is 0 Å². The molecule has 0 radical (unpaired) electrons. The van der Waals surface area contributed by atoms with E-state index in [4.69, 9.17) is 16.3 Å². The summed E-state index contributed by atoms with van der Waals surface area (Å²) >= 11 is 5.66. The second-order valence-corrected chi connectivity index (χ2v) is 5.71. The van der Waals surface area contributed by atoms with Gasteiger partial charge in [0.2, 0.25) is 0 Å². The van der Waals surface area contributed by atoms with Crippen LogP contribution in [0.1, 0.15) is 38.1 Å². The number of nitrogens with zero attached hydrogens (tertiary/aromatic N) is 3. The Kier molecular flexibility index (Phi) is 6.33. The molecule has 1 aliphatic rings. The van der Waals surface area contributed by atoms with Gasteiger partial charge in [0.05, 0.1) is 24.1 Å². The van der Waals surface area contributed by atoms with Crippen LogP contribution in [0.5, 0.6) is 0 Å². The molecule has 0 N–H and O–H groups in total. The first kappa shape index (κ1) is 15.8. The number of alkyl halides is 1. The topological polar surface area (TPSA) is 30.3 Å². The summed E-state index contributed by atoms with van der Waals surface area (Å²) in [6.07, 6.45) is 3.62. The molecule has 0 spiro atoms. The Morgan fingerprint density at radius 3 is 2.70 bits per heavy atom. The minimum absolute atomic E-state index is 0.396. The average molecular weight is 300 g/mol. The minimum atomic E-state index is 0.396. The van der Waals surface area contributed by atoms with E-state index in [2.05, 4.69) is 34.6 Å². The van der Waals surface area contributed by atoms with E-state index in [-0.39, 0.29) is 0 Å². The number of hydrogen-bond acceptors (Lipinski definition) is 3. The molecule has 5 heteroatoms. The van der Waals surface area contributed by atoms with Gasteiger partial charge in [-0.05, 0) is 32.3 Å². The van der Waals surface area contributed by atoms with E-state index in [9.17, 15) is 0 Å². The Morgan fingerprint density at radius 2 is 2.10 bits per heavy atom. The summed E-state index contributed by atoms with van der Waals surface area (Å²) in [5.74, 6) is 0.593. The highest BCUT2D eigenvalue weighted by Crippen LogP contribution is 2.17. The first-order chi connectivity index (χ1) is 9.76. The highest BCUT2D eigenvalue weighted by Gasteiger charge is 2.20. The monoisotopic (exact) mass is 299 g/mol. The van der Waals surface area contributed by atoms with Crippen molar-refractivity contribution in [2.75, 3.05) is 25.6 Å². The van der Waals surface area contributed by atoms with Gasteiger partial charge >= 0.3 is 0 Å². The third-order valence-corrected chi connectivity index (χ3v) is 4.08. The molecule has 1 saturated heterocycles. The maximum Gasteiger partial charge on any atom is 0.0625 e. The van der Waals surface area contributed by atoms with Crippen molar-refractivity contribution in [3.63, 3.8) is 0 Å². The number of halogens is 1. The Hall–Kier alpha value is -0.580. The molecular formula is C15H26ClN3O. The molecule has 0 aromatic carbocycles. The second-order valence-electron chi connectivity index (χ2n) is 5.33. The Labute approximate surface area is 127 Å². The summed E-state index contributed by atoms with van der Waals surface area (Å²) in [6.45, 7) is 9.14. The number of likely N-dealkylation sites (tertiary alicyclic amines) is 1. The third-order valence-electron chi connectivity index (χ3n) is 3.93. The zero-order valence-corrected chi connectivity index (χ0v) is 13.4. The summed E-state index contributed by atoms with van der Waals surface area (Å²) in [4.78, 5) is 2.50. The van der Waals surface area contributed by atoms with E-state index in [1.807, 2.05) is 0 Å². The Morgan fingerprint density at radius 1 is 1.35 bits per heavy atom. The standard InChI is InChI=1S/C15H26ClN3O/c1-3-13-11-14(19(4-2)17-13)12-18-8-5-15(6-9-18)20-10-7-16/h11,15H,3-10,12H2,1-2H3. The Balaban J connectivity index is 1.84. The first-order valence-electron chi connectivity index (χ1n) is 7.72. The third kappa shape index (κ3) is 4.21. The van der Waals surface area contributed by atoms with Gasteiger partial charge in [0.25, 0.3) is 0 Å². The molecule has 0 atom stereocenters. The van der Waals surface area contributed by atoms with Gasteiger partial charge in [0, 0.05) is 32.1 Å². The van der Waals surface area contributed by atoms with Crippen molar-refractivity contribution in [1.29, 1.82) is 0 Å². The van der Waals surface area contributed by atoms with Crippen molar-refractivity contribution in [2.45, 2.75) is 52.3 Å². The molecule has 0 unspecified atom stereocenters. The lowest BCUT2D eigenvalue weighted by molar-refractivity contribution is 0.0129. The largest absolute Gasteiger partial charge is 0.377 e. The van der Waals surface area contributed by atoms with Crippen LogP contribution in [-0.2, 0) is 24.2 Å². The van der Waals surface area contributed by atoms with E-state index in [0.717, 1.165) is 45.4 Å². The van der Waals surface area contributed by atoms with E-state index in [0.29, 0.717) is 18.6 Å². The molecule has 0 saturated carbocycles. The molecule has 4 nitrogen and oxygen atoms in total. The molecular weight excluding hydrogens is 274 g/mol. The predicted molar refractivity (Wildman–Crippen MR) is 82.3 cm³/mol. The van der Waals surface area contributed by atoms with Crippen molar-refractivity contribution in [3.05, 3.63) is 17.5 Å². The summed E-state index contributed by atoms with van der Waals surface area (Å²) in [7, 11) is 0. The smallest absolute Gasteiger partial charge is 0.0625 e. The molecule has 1 aromatic rings. The normalized spacial score (nSPS) is 17.8. The summed E-state index contributed by atoms with van der Waals surface area (Å²) in [5.41, 5.74) is 2.53. The van der Waals surface area contributed by atoms with Crippen LogP contribution in [0.15, 0.2) is 6.07 Å². The zero-order chi connectivity index (χ0) is 14.4. The number of piperidine rings is 1. The van der Waals surface area contributed by atoms with Crippen molar-refractivity contribution in [2.24, 2.45) is 0 Å². The van der Waals surface area contributed by atoms with Gasteiger partial charge in [-0.25, -0.2) is 0 Å². The van der Waals surface area contributed by atoms with Gasteiger partial charge < -0.3 is 4.74 Å². The lowest BCUT2D eigenvalue weighted by Gasteiger charge is -2.31.